The lowest BCUT2D eigenvalue weighted by atomic mass is 9.84. The van der Waals surface area contributed by atoms with Gasteiger partial charge >= 0.3 is 0 Å². The molecule has 0 saturated carbocycles. The quantitative estimate of drug-likeness (QED) is 0.263. The van der Waals surface area contributed by atoms with Gasteiger partial charge < -0.3 is 10.8 Å². The lowest BCUT2D eigenvalue weighted by Gasteiger charge is -2.32. The summed E-state index contributed by atoms with van der Waals surface area (Å²) in [5.74, 6) is 1.81. The Kier molecular flexibility index (Phi) is 15.5. The lowest BCUT2D eigenvalue weighted by molar-refractivity contribution is 0.185. The van der Waals surface area contributed by atoms with Gasteiger partial charge in [-0.25, -0.2) is 0 Å². The molecule has 0 aromatic rings. The topological polar surface area (TPSA) is 61.8 Å². The molecule has 1 saturated heterocycles. The van der Waals surface area contributed by atoms with Gasteiger partial charge in [0.05, 0.1) is 0 Å². The number of piperidine rings is 1. The summed E-state index contributed by atoms with van der Waals surface area (Å²) in [5.41, 5.74) is 7.81. The van der Waals surface area contributed by atoms with Crippen molar-refractivity contribution >= 4 is 6.21 Å². The second kappa shape index (κ2) is 17.1. The highest BCUT2D eigenvalue weighted by Gasteiger charge is 2.21. The van der Waals surface area contributed by atoms with Crippen LogP contribution in [0.5, 0.6) is 0 Å². The molecule has 1 atom stereocenters. The van der Waals surface area contributed by atoms with Crippen molar-refractivity contribution in [3.63, 3.8) is 0 Å². The molecule has 1 aliphatic heterocycles. The van der Waals surface area contributed by atoms with Crippen LogP contribution in [0, 0.1) is 24.7 Å². The Balaban J connectivity index is 0.00000198. The van der Waals surface area contributed by atoms with Crippen molar-refractivity contribution in [3.8, 4) is 12.8 Å². The monoisotopic (exact) mass is 409 g/mol. The minimum atomic E-state index is 0.417. The molecule has 2 aliphatic rings. The first kappa shape index (κ1) is 27.2. The molecular formula is C26H39N3O. The third-order valence-electron chi connectivity index (χ3n) is 5.27. The summed E-state index contributed by atoms with van der Waals surface area (Å²) in [4.78, 5) is 6.58. The van der Waals surface area contributed by atoms with Crippen LogP contribution >= 0.6 is 0 Å². The minimum Gasteiger partial charge on any atom is -0.508 e. The fourth-order valence-electron chi connectivity index (χ4n) is 3.69. The van der Waals surface area contributed by atoms with Crippen molar-refractivity contribution in [2.45, 2.75) is 32.6 Å². The van der Waals surface area contributed by atoms with Gasteiger partial charge in [-0.1, -0.05) is 24.3 Å². The standard InChI is InChI=1S/C22H33N3O.C2H4.C2H2/c1-3-20(17-24-2)21(16-23)5-4-12-25-13-10-19(11-14-25)15-18-6-8-22(26)9-7-18;2*1-2/h3-6,8-9,16-19,26H,7,10-15,23H2,1-2H3;1-2H2;1-2H/b5-4-,20-3+,21-16+,24-17?;;. The Bertz CT molecular complexity index is 672. The van der Waals surface area contributed by atoms with Crippen molar-refractivity contribution in [2.24, 2.45) is 22.6 Å². The fraction of sp³-hybridized carbons (Fsp3) is 0.423. The van der Waals surface area contributed by atoms with Gasteiger partial charge in [0.15, 0.2) is 0 Å². The molecule has 4 heteroatoms. The number of aliphatic imine (C=N–C) groups is 1. The van der Waals surface area contributed by atoms with Crippen LogP contribution in [0.1, 0.15) is 32.6 Å². The lowest BCUT2D eigenvalue weighted by Crippen LogP contribution is -2.34. The minimum absolute atomic E-state index is 0.417. The van der Waals surface area contributed by atoms with E-state index in [1.54, 1.807) is 13.2 Å². The number of hydrogen-bond donors (Lipinski definition) is 2. The van der Waals surface area contributed by atoms with Crippen LogP contribution in [0.3, 0.4) is 0 Å². The second-order valence-corrected chi connectivity index (χ2v) is 7.12. The summed E-state index contributed by atoms with van der Waals surface area (Å²) in [7, 11) is 1.77. The summed E-state index contributed by atoms with van der Waals surface area (Å²) in [6.45, 7) is 11.3. The Morgan fingerprint density at radius 1 is 1.30 bits per heavy atom. The first-order valence-electron chi connectivity index (χ1n) is 10.5. The van der Waals surface area contributed by atoms with E-state index in [1.807, 2.05) is 31.4 Å². The molecular weight excluding hydrogens is 370 g/mol. The van der Waals surface area contributed by atoms with Crippen LogP contribution in [-0.2, 0) is 0 Å². The Hall–Kier alpha value is -2.77. The van der Waals surface area contributed by atoms with E-state index in [4.69, 9.17) is 5.73 Å². The number of nitrogens with zero attached hydrogens (tertiary/aromatic N) is 2. The summed E-state index contributed by atoms with van der Waals surface area (Å²) >= 11 is 0. The van der Waals surface area contributed by atoms with E-state index < -0.39 is 0 Å². The maximum atomic E-state index is 9.43. The first-order chi connectivity index (χ1) is 14.7. The number of rotatable bonds is 7. The Labute approximate surface area is 184 Å². The fourth-order valence-corrected chi connectivity index (χ4v) is 3.69. The van der Waals surface area contributed by atoms with Crippen molar-refractivity contribution in [1.82, 2.24) is 4.90 Å². The number of aliphatic hydroxyl groups excluding tert-OH is 1. The maximum absolute atomic E-state index is 9.43. The van der Waals surface area contributed by atoms with Crippen molar-refractivity contribution in [1.29, 1.82) is 0 Å². The predicted molar refractivity (Wildman–Crippen MR) is 132 cm³/mol. The summed E-state index contributed by atoms with van der Waals surface area (Å²) in [5, 5.41) is 9.43. The van der Waals surface area contributed by atoms with Gasteiger partial charge in [-0.3, -0.25) is 9.89 Å². The van der Waals surface area contributed by atoms with E-state index in [9.17, 15) is 5.11 Å². The van der Waals surface area contributed by atoms with Gasteiger partial charge in [0.2, 0.25) is 0 Å². The molecule has 0 radical (unpaired) electrons. The van der Waals surface area contributed by atoms with Crippen LogP contribution in [0.2, 0.25) is 0 Å². The van der Waals surface area contributed by atoms with Gasteiger partial charge in [-0.15, -0.1) is 26.0 Å². The van der Waals surface area contributed by atoms with Crippen molar-refractivity contribution < 1.29 is 5.11 Å². The van der Waals surface area contributed by atoms with Gasteiger partial charge in [0.25, 0.3) is 0 Å². The zero-order valence-electron chi connectivity index (χ0n) is 18.7. The van der Waals surface area contributed by atoms with Gasteiger partial charge in [-0.2, -0.15) is 0 Å². The number of hydrogen-bond acceptors (Lipinski definition) is 4. The van der Waals surface area contributed by atoms with E-state index in [1.165, 1.54) is 19.3 Å². The smallest absolute Gasteiger partial charge is 0.111 e. The molecule has 0 bridgehead atoms. The molecule has 164 valence electrons. The normalized spacial score (nSPS) is 20.9. The van der Waals surface area contributed by atoms with Crippen LogP contribution in [0.4, 0.5) is 0 Å². The molecule has 0 aromatic carbocycles. The number of nitrogens with two attached hydrogens (primary N) is 1. The zero-order chi connectivity index (χ0) is 22.8. The summed E-state index contributed by atoms with van der Waals surface area (Å²) in [6.07, 6.45) is 28.5. The number of terminal acetylenes is 1. The summed E-state index contributed by atoms with van der Waals surface area (Å²) < 4.78 is 0. The molecule has 30 heavy (non-hydrogen) atoms. The highest BCUT2D eigenvalue weighted by atomic mass is 16.3. The average Bonchev–Trinajstić information content (AvgIpc) is 2.81. The summed E-state index contributed by atoms with van der Waals surface area (Å²) in [6, 6.07) is 0. The Morgan fingerprint density at radius 2 is 1.97 bits per heavy atom. The van der Waals surface area contributed by atoms with Gasteiger partial charge in [0.1, 0.15) is 5.76 Å². The Morgan fingerprint density at radius 3 is 2.47 bits per heavy atom. The molecule has 0 amide bonds. The van der Waals surface area contributed by atoms with Crippen LogP contribution in [-0.4, -0.2) is 42.9 Å². The third kappa shape index (κ3) is 10.1. The van der Waals surface area contributed by atoms with E-state index >= 15 is 0 Å². The maximum Gasteiger partial charge on any atom is 0.111 e. The van der Waals surface area contributed by atoms with Crippen molar-refractivity contribution in [2.75, 3.05) is 26.7 Å². The molecule has 1 heterocycles. The van der Waals surface area contributed by atoms with E-state index in [0.29, 0.717) is 11.7 Å². The predicted octanol–water partition coefficient (Wildman–Crippen LogP) is 5.20. The molecule has 0 spiro atoms. The molecule has 1 aliphatic carbocycles. The molecule has 1 unspecified atom stereocenters. The highest BCUT2D eigenvalue weighted by Crippen LogP contribution is 2.28. The second-order valence-electron chi connectivity index (χ2n) is 7.12. The number of allylic oxidation sites excluding steroid dienone is 7. The van der Waals surface area contributed by atoms with Gasteiger partial charge in [0, 0.05) is 26.0 Å². The molecule has 1 fully saturated rings. The van der Waals surface area contributed by atoms with Crippen LogP contribution in [0.15, 0.2) is 77.7 Å². The number of aliphatic hydroxyl groups is 1. The molecule has 0 aromatic heterocycles. The SMILES string of the molecule is C#C.C/C=C(C=NC)/C(/C=C\CN1CCC(CC2C=CC(O)=CC2)CC1)=C/N.C=C. The average molecular weight is 410 g/mol. The van der Waals surface area contributed by atoms with Gasteiger partial charge in [-0.05, 0) is 80.8 Å². The zero-order valence-corrected chi connectivity index (χ0v) is 18.7. The van der Waals surface area contributed by atoms with E-state index in [2.05, 4.69) is 54.1 Å². The van der Waals surface area contributed by atoms with Crippen molar-refractivity contribution in [3.05, 3.63) is 72.7 Å². The third-order valence-corrected chi connectivity index (χ3v) is 5.27. The number of likely N-dealkylation sites (tertiary alicyclic amines) is 1. The molecule has 3 N–H and O–H groups in total. The highest BCUT2D eigenvalue weighted by molar-refractivity contribution is 5.85. The van der Waals surface area contributed by atoms with Crippen LogP contribution < -0.4 is 5.73 Å². The van der Waals surface area contributed by atoms with E-state index in [0.717, 1.165) is 43.1 Å². The molecule has 4 nitrogen and oxygen atoms in total. The van der Waals surface area contributed by atoms with E-state index in [-0.39, 0.29) is 0 Å². The largest absolute Gasteiger partial charge is 0.508 e. The first-order valence-corrected chi connectivity index (χ1v) is 10.5. The molecule has 2 rings (SSSR count). The van der Waals surface area contributed by atoms with Crippen LogP contribution in [0.25, 0.3) is 0 Å².